The molecule has 0 saturated heterocycles. The van der Waals surface area contributed by atoms with Crippen molar-refractivity contribution in [2.24, 2.45) is 0 Å². The molecule has 0 unspecified atom stereocenters. The predicted octanol–water partition coefficient (Wildman–Crippen LogP) is 2.08. The molecule has 72 valence electrons. The molecule has 1 aliphatic rings. The quantitative estimate of drug-likeness (QED) is 0.801. The highest BCUT2D eigenvalue weighted by molar-refractivity contribution is 5.79. The average Bonchev–Trinajstić information content (AvgIpc) is 2.96. The minimum Gasteiger partial charge on any atom is -0.356 e. The number of nitrogens with one attached hydrogen (secondary N) is 1. The van der Waals surface area contributed by atoms with Gasteiger partial charge in [0, 0.05) is 18.0 Å². The monoisotopic (exact) mass is 188 g/mol. The molecule has 1 aromatic carbocycles. The number of nitrogens with zero attached hydrogens (tertiary/aromatic N) is 1. The van der Waals surface area contributed by atoms with Crippen molar-refractivity contribution in [2.75, 3.05) is 0 Å². The van der Waals surface area contributed by atoms with E-state index in [1.54, 1.807) is 0 Å². The van der Waals surface area contributed by atoms with Crippen molar-refractivity contribution in [3.63, 3.8) is 0 Å². The number of benzene rings is 1. The van der Waals surface area contributed by atoms with Crippen LogP contribution < -0.4 is 5.32 Å². The van der Waals surface area contributed by atoms with Gasteiger partial charge in [-0.25, -0.2) is 0 Å². The van der Waals surface area contributed by atoms with Crippen molar-refractivity contribution >= 4 is 11.0 Å². The number of hydrogen-bond acceptors (Lipinski definition) is 3. The van der Waals surface area contributed by atoms with E-state index in [4.69, 9.17) is 4.52 Å². The molecule has 1 heterocycles. The molecule has 1 aromatic heterocycles. The van der Waals surface area contributed by atoms with Crippen LogP contribution in [0.3, 0.4) is 0 Å². The van der Waals surface area contributed by atoms with Gasteiger partial charge in [0.05, 0.1) is 0 Å². The summed E-state index contributed by atoms with van der Waals surface area (Å²) in [7, 11) is 0. The van der Waals surface area contributed by atoms with Gasteiger partial charge < -0.3 is 9.84 Å². The zero-order valence-corrected chi connectivity index (χ0v) is 7.86. The molecular formula is C11H12N2O. The summed E-state index contributed by atoms with van der Waals surface area (Å²) in [6.45, 7) is 0.821. The highest BCUT2D eigenvalue weighted by Gasteiger charge is 2.21. The van der Waals surface area contributed by atoms with Crippen LogP contribution in [0.25, 0.3) is 11.0 Å². The Morgan fingerprint density at radius 2 is 2.21 bits per heavy atom. The van der Waals surface area contributed by atoms with Gasteiger partial charge in [0.2, 0.25) is 0 Å². The number of fused-ring (bicyclic) bond motifs is 1. The van der Waals surface area contributed by atoms with Gasteiger partial charge in [-0.15, -0.1) is 0 Å². The topological polar surface area (TPSA) is 38.1 Å². The van der Waals surface area contributed by atoms with Gasteiger partial charge in [0.15, 0.2) is 5.58 Å². The Bertz CT molecular complexity index is 445. The molecule has 0 atom stereocenters. The zero-order chi connectivity index (χ0) is 9.38. The van der Waals surface area contributed by atoms with Crippen LogP contribution in [0.2, 0.25) is 0 Å². The van der Waals surface area contributed by atoms with Crippen LogP contribution in [0.4, 0.5) is 0 Å². The molecule has 3 rings (SSSR count). The molecule has 0 radical (unpaired) electrons. The Labute approximate surface area is 82.1 Å². The van der Waals surface area contributed by atoms with Crippen LogP contribution in [0, 0.1) is 0 Å². The lowest BCUT2D eigenvalue weighted by Gasteiger charge is -1.97. The first-order valence-electron chi connectivity index (χ1n) is 5.00. The van der Waals surface area contributed by atoms with Gasteiger partial charge in [-0.05, 0) is 25.0 Å². The third-order valence-electron chi connectivity index (χ3n) is 2.59. The molecule has 1 saturated carbocycles. The SMILES string of the molecule is c1ccc2c(CNC3CC3)noc2c1. The third kappa shape index (κ3) is 1.40. The van der Waals surface area contributed by atoms with Gasteiger partial charge >= 0.3 is 0 Å². The van der Waals surface area contributed by atoms with Crippen LogP contribution in [0.5, 0.6) is 0 Å². The lowest BCUT2D eigenvalue weighted by molar-refractivity contribution is 0.441. The second kappa shape index (κ2) is 3.10. The molecule has 0 aliphatic heterocycles. The molecule has 3 nitrogen and oxygen atoms in total. The normalized spacial score (nSPS) is 16.3. The molecule has 0 bridgehead atoms. The summed E-state index contributed by atoms with van der Waals surface area (Å²) in [6, 6.07) is 8.69. The van der Waals surface area contributed by atoms with E-state index in [0.717, 1.165) is 23.2 Å². The molecule has 1 N–H and O–H groups in total. The summed E-state index contributed by atoms with van der Waals surface area (Å²) in [5.41, 5.74) is 1.90. The van der Waals surface area contributed by atoms with Crippen molar-refractivity contribution in [3.05, 3.63) is 30.0 Å². The Balaban J connectivity index is 1.87. The van der Waals surface area contributed by atoms with Crippen molar-refractivity contribution < 1.29 is 4.52 Å². The zero-order valence-electron chi connectivity index (χ0n) is 7.86. The minimum absolute atomic E-state index is 0.713. The number of aromatic nitrogens is 1. The Morgan fingerprint density at radius 1 is 1.36 bits per heavy atom. The van der Waals surface area contributed by atoms with Gasteiger partial charge in [0.1, 0.15) is 5.69 Å². The number of hydrogen-bond donors (Lipinski definition) is 1. The first-order chi connectivity index (χ1) is 6.93. The standard InChI is InChI=1S/C11H12N2O/c1-2-4-11-9(3-1)10(13-14-11)7-12-8-5-6-8/h1-4,8,12H,5-7H2. The van der Waals surface area contributed by atoms with Gasteiger partial charge in [-0.2, -0.15) is 0 Å². The predicted molar refractivity (Wildman–Crippen MR) is 53.9 cm³/mol. The van der Waals surface area contributed by atoms with Crippen molar-refractivity contribution in [1.82, 2.24) is 10.5 Å². The molecule has 1 fully saturated rings. The Hall–Kier alpha value is -1.35. The summed E-state index contributed by atoms with van der Waals surface area (Å²) < 4.78 is 5.21. The fraction of sp³-hybridized carbons (Fsp3) is 0.364. The maximum atomic E-state index is 5.21. The minimum atomic E-state index is 0.713. The van der Waals surface area contributed by atoms with E-state index < -0.39 is 0 Å². The summed E-state index contributed by atoms with van der Waals surface area (Å²) in [4.78, 5) is 0. The average molecular weight is 188 g/mol. The van der Waals surface area contributed by atoms with Crippen LogP contribution in [-0.4, -0.2) is 11.2 Å². The second-order valence-electron chi connectivity index (χ2n) is 3.78. The van der Waals surface area contributed by atoms with Crippen LogP contribution in [0.15, 0.2) is 28.8 Å². The summed E-state index contributed by atoms with van der Waals surface area (Å²) >= 11 is 0. The first-order valence-corrected chi connectivity index (χ1v) is 5.00. The van der Waals surface area contributed by atoms with E-state index in [0.29, 0.717) is 6.04 Å². The lowest BCUT2D eigenvalue weighted by atomic mass is 10.2. The van der Waals surface area contributed by atoms with Crippen molar-refractivity contribution in [1.29, 1.82) is 0 Å². The fourth-order valence-electron chi connectivity index (χ4n) is 1.59. The van der Waals surface area contributed by atoms with Crippen LogP contribution in [0.1, 0.15) is 18.5 Å². The highest BCUT2D eigenvalue weighted by Crippen LogP contribution is 2.21. The fourth-order valence-corrected chi connectivity index (χ4v) is 1.59. The summed E-state index contributed by atoms with van der Waals surface area (Å²) in [6.07, 6.45) is 2.60. The molecule has 0 spiro atoms. The molecular weight excluding hydrogens is 176 g/mol. The molecule has 14 heavy (non-hydrogen) atoms. The van der Waals surface area contributed by atoms with Gasteiger partial charge in [-0.3, -0.25) is 0 Å². The lowest BCUT2D eigenvalue weighted by Crippen LogP contribution is -2.15. The summed E-state index contributed by atoms with van der Waals surface area (Å²) in [5, 5.41) is 8.61. The second-order valence-corrected chi connectivity index (χ2v) is 3.78. The smallest absolute Gasteiger partial charge is 0.167 e. The van der Waals surface area contributed by atoms with E-state index >= 15 is 0 Å². The van der Waals surface area contributed by atoms with E-state index in [1.165, 1.54) is 12.8 Å². The third-order valence-corrected chi connectivity index (χ3v) is 2.59. The Kier molecular flexibility index (Phi) is 1.77. The van der Waals surface area contributed by atoms with E-state index in [9.17, 15) is 0 Å². The van der Waals surface area contributed by atoms with Crippen LogP contribution in [-0.2, 0) is 6.54 Å². The van der Waals surface area contributed by atoms with Crippen LogP contribution >= 0.6 is 0 Å². The highest BCUT2D eigenvalue weighted by atomic mass is 16.5. The number of para-hydroxylation sites is 1. The number of rotatable bonds is 3. The first kappa shape index (κ1) is 8.00. The molecule has 1 aliphatic carbocycles. The van der Waals surface area contributed by atoms with Crippen molar-refractivity contribution in [3.8, 4) is 0 Å². The molecule has 2 aromatic rings. The van der Waals surface area contributed by atoms with E-state index in [1.807, 2.05) is 18.2 Å². The summed E-state index contributed by atoms with van der Waals surface area (Å²) in [5.74, 6) is 0. The Morgan fingerprint density at radius 3 is 3.07 bits per heavy atom. The molecule has 3 heteroatoms. The van der Waals surface area contributed by atoms with Gasteiger partial charge in [-0.1, -0.05) is 17.3 Å². The largest absolute Gasteiger partial charge is 0.356 e. The maximum absolute atomic E-state index is 5.21. The molecule has 0 amide bonds. The van der Waals surface area contributed by atoms with Crippen molar-refractivity contribution in [2.45, 2.75) is 25.4 Å². The van der Waals surface area contributed by atoms with E-state index in [-0.39, 0.29) is 0 Å². The van der Waals surface area contributed by atoms with E-state index in [2.05, 4.69) is 16.5 Å². The maximum Gasteiger partial charge on any atom is 0.167 e. The van der Waals surface area contributed by atoms with Gasteiger partial charge in [0.25, 0.3) is 0 Å².